The molecule has 0 unspecified atom stereocenters. The number of ether oxygens (including phenoxy) is 1. The van der Waals surface area contributed by atoms with Gasteiger partial charge in [-0.15, -0.1) is 0 Å². The first-order valence-corrected chi connectivity index (χ1v) is 8.26. The molecule has 2 aromatic carbocycles. The molecular weight excluding hydrogens is 340 g/mol. The van der Waals surface area contributed by atoms with Gasteiger partial charge in [0.25, 0.3) is 0 Å². The Morgan fingerprint density at radius 2 is 1.76 bits per heavy atom. The molecule has 0 aromatic heterocycles. The number of hydrogen-bond donors (Lipinski definition) is 2. The second kappa shape index (κ2) is 8.03. The number of nitrogens with one attached hydrogen (secondary N) is 2. The van der Waals surface area contributed by atoms with Crippen molar-refractivity contribution in [2.75, 3.05) is 17.7 Å². The molecule has 0 aliphatic rings. The van der Waals surface area contributed by atoms with E-state index in [4.69, 9.17) is 16.3 Å². The number of carbonyl (C=O) groups excluding carboxylic acids is 2. The molecule has 0 spiro atoms. The molecule has 0 saturated heterocycles. The summed E-state index contributed by atoms with van der Waals surface area (Å²) >= 11 is 6.02. The molecule has 0 aliphatic carbocycles. The van der Waals surface area contributed by atoms with E-state index >= 15 is 0 Å². The molecule has 5 nitrogen and oxygen atoms in total. The summed E-state index contributed by atoms with van der Waals surface area (Å²) in [5.41, 5.74) is 2.97. The van der Waals surface area contributed by atoms with E-state index in [0.717, 1.165) is 11.1 Å². The van der Waals surface area contributed by atoms with Gasteiger partial charge in [0.2, 0.25) is 0 Å². The van der Waals surface area contributed by atoms with Gasteiger partial charge >= 0.3 is 11.8 Å². The molecule has 132 valence electrons. The number of benzene rings is 2. The summed E-state index contributed by atoms with van der Waals surface area (Å²) in [5.74, 6) is -0.786. The van der Waals surface area contributed by atoms with Crippen molar-refractivity contribution in [3.63, 3.8) is 0 Å². The third kappa shape index (κ3) is 4.51. The minimum atomic E-state index is -0.765. The highest BCUT2D eigenvalue weighted by molar-refractivity contribution is 6.44. The van der Waals surface area contributed by atoms with Gasteiger partial charge in [0.15, 0.2) is 0 Å². The Bertz CT molecular complexity index is 803. The van der Waals surface area contributed by atoms with E-state index in [0.29, 0.717) is 22.1 Å². The van der Waals surface area contributed by atoms with Crippen molar-refractivity contribution in [1.29, 1.82) is 0 Å². The number of halogens is 1. The van der Waals surface area contributed by atoms with Crippen molar-refractivity contribution in [3.8, 4) is 5.75 Å². The fourth-order valence-electron chi connectivity index (χ4n) is 2.44. The first-order valence-electron chi connectivity index (χ1n) is 7.89. The molecule has 0 atom stereocenters. The maximum absolute atomic E-state index is 12.3. The molecule has 0 bridgehead atoms. The normalized spacial score (nSPS) is 10.5. The highest BCUT2D eigenvalue weighted by atomic mass is 35.5. The molecule has 25 heavy (non-hydrogen) atoms. The minimum absolute atomic E-state index is 0.221. The molecule has 2 N–H and O–H groups in total. The predicted molar refractivity (Wildman–Crippen MR) is 101 cm³/mol. The average molecular weight is 361 g/mol. The lowest BCUT2D eigenvalue weighted by Gasteiger charge is -2.16. The van der Waals surface area contributed by atoms with E-state index in [1.165, 1.54) is 13.2 Å². The lowest BCUT2D eigenvalue weighted by Crippen LogP contribution is -2.29. The van der Waals surface area contributed by atoms with Crippen LogP contribution in [-0.4, -0.2) is 18.9 Å². The molecule has 6 heteroatoms. The lowest BCUT2D eigenvalue weighted by atomic mass is 9.98. The summed E-state index contributed by atoms with van der Waals surface area (Å²) < 4.78 is 5.06. The van der Waals surface area contributed by atoms with Crippen LogP contribution in [0.15, 0.2) is 36.4 Å². The largest absolute Gasteiger partial charge is 0.495 e. The molecule has 0 heterocycles. The second-order valence-corrected chi connectivity index (χ2v) is 6.36. The Hall–Kier alpha value is -2.53. The molecule has 0 aliphatic heterocycles. The van der Waals surface area contributed by atoms with Crippen molar-refractivity contribution in [2.24, 2.45) is 0 Å². The molecule has 0 radical (unpaired) electrons. The third-order valence-electron chi connectivity index (χ3n) is 3.78. The lowest BCUT2D eigenvalue weighted by molar-refractivity contribution is -0.133. The summed E-state index contributed by atoms with van der Waals surface area (Å²) in [5, 5.41) is 5.59. The van der Waals surface area contributed by atoms with E-state index < -0.39 is 11.8 Å². The monoisotopic (exact) mass is 360 g/mol. The van der Waals surface area contributed by atoms with Gasteiger partial charge in [0, 0.05) is 11.4 Å². The Morgan fingerprint density at radius 1 is 1.08 bits per heavy atom. The van der Waals surface area contributed by atoms with E-state index in [1.54, 1.807) is 12.1 Å². The Balaban J connectivity index is 2.14. The van der Waals surface area contributed by atoms with Gasteiger partial charge in [0.05, 0.1) is 12.1 Å². The number of hydrogen-bond acceptors (Lipinski definition) is 3. The van der Waals surface area contributed by atoms with E-state index in [1.807, 2.05) is 39.0 Å². The van der Waals surface area contributed by atoms with Gasteiger partial charge in [-0.3, -0.25) is 9.59 Å². The Morgan fingerprint density at radius 3 is 2.36 bits per heavy atom. The van der Waals surface area contributed by atoms with Gasteiger partial charge < -0.3 is 15.4 Å². The highest BCUT2D eigenvalue weighted by Crippen LogP contribution is 2.28. The van der Waals surface area contributed by atoms with Crippen molar-refractivity contribution in [3.05, 3.63) is 52.5 Å². The number of para-hydroxylation sites is 1. The zero-order valence-electron chi connectivity index (χ0n) is 14.6. The van der Waals surface area contributed by atoms with E-state index in [-0.39, 0.29) is 5.92 Å². The van der Waals surface area contributed by atoms with Crippen LogP contribution in [0.1, 0.15) is 30.9 Å². The fourth-order valence-corrected chi connectivity index (χ4v) is 2.70. The standard InChI is InChI=1S/C19H21ClN2O3/c1-11(2)14-7-5-6-12(3)17(14)22-19(24)18(23)21-13-8-9-16(25-4)15(20)10-13/h5-11H,1-4H3,(H,21,23)(H,22,24). The van der Waals surface area contributed by atoms with E-state index in [9.17, 15) is 9.59 Å². The van der Waals surface area contributed by atoms with Gasteiger partial charge in [-0.1, -0.05) is 43.6 Å². The number of rotatable bonds is 4. The number of anilines is 2. The van der Waals surface area contributed by atoms with Gasteiger partial charge in [-0.05, 0) is 42.2 Å². The van der Waals surface area contributed by atoms with Gasteiger partial charge in [-0.25, -0.2) is 0 Å². The van der Waals surface area contributed by atoms with Crippen LogP contribution in [-0.2, 0) is 9.59 Å². The first-order chi connectivity index (χ1) is 11.8. The van der Waals surface area contributed by atoms with Crippen molar-refractivity contribution >= 4 is 34.8 Å². The van der Waals surface area contributed by atoms with Crippen LogP contribution in [0.3, 0.4) is 0 Å². The fraction of sp³-hybridized carbons (Fsp3) is 0.263. The van der Waals surface area contributed by atoms with Crippen LogP contribution in [0, 0.1) is 6.92 Å². The van der Waals surface area contributed by atoms with Crippen molar-refractivity contribution in [2.45, 2.75) is 26.7 Å². The SMILES string of the molecule is COc1ccc(NC(=O)C(=O)Nc2c(C)cccc2C(C)C)cc1Cl. The second-order valence-electron chi connectivity index (χ2n) is 5.95. The number of amides is 2. The van der Waals surface area contributed by atoms with Gasteiger partial charge in [0.1, 0.15) is 5.75 Å². The topological polar surface area (TPSA) is 67.4 Å². The molecular formula is C19H21ClN2O3. The number of methoxy groups -OCH3 is 1. The predicted octanol–water partition coefficient (Wildman–Crippen LogP) is 4.36. The Labute approximate surface area is 152 Å². The van der Waals surface area contributed by atoms with Crippen LogP contribution in [0.2, 0.25) is 5.02 Å². The van der Waals surface area contributed by atoms with Gasteiger partial charge in [-0.2, -0.15) is 0 Å². The molecule has 2 rings (SSSR count). The quantitative estimate of drug-likeness (QED) is 0.796. The maximum Gasteiger partial charge on any atom is 0.314 e. The van der Waals surface area contributed by atoms with Crippen LogP contribution >= 0.6 is 11.6 Å². The van der Waals surface area contributed by atoms with Crippen LogP contribution in [0.5, 0.6) is 5.75 Å². The van der Waals surface area contributed by atoms with Crippen LogP contribution in [0.25, 0.3) is 0 Å². The van der Waals surface area contributed by atoms with Crippen LogP contribution in [0.4, 0.5) is 11.4 Å². The summed E-state index contributed by atoms with van der Waals surface area (Å²) in [6.45, 7) is 5.95. The number of carbonyl (C=O) groups is 2. The van der Waals surface area contributed by atoms with E-state index in [2.05, 4.69) is 10.6 Å². The molecule has 2 amide bonds. The summed E-state index contributed by atoms with van der Waals surface area (Å²) in [4.78, 5) is 24.4. The summed E-state index contributed by atoms with van der Waals surface area (Å²) in [6, 6.07) is 10.5. The minimum Gasteiger partial charge on any atom is -0.495 e. The summed E-state index contributed by atoms with van der Waals surface area (Å²) in [6.07, 6.45) is 0. The maximum atomic E-state index is 12.3. The van der Waals surface area contributed by atoms with Crippen molar-refractivity contribution < 1.29 is 14.3 Å². The van der Waals surface area contributed by atoms with Crippen LogP contribution < -0.4 is 15.4 Å². The molecule has 2 aromatic rings. The first kappa shape index (κ1) is 18.8. The number of aryl methyl sites for hydroxylation is 1. The zero-order valence-corrected chi connectivity index (χ0v) is 15.4. The molecule has 0 fully saturated rings. The third-order valence-corrected chi connectivity index (χ3v) is 4.08. The highest BCUT2D eigenvalue weighted by Gasteiger charge is 2.18. The Kier molecular flexibility index (Phi) is 6.04. The molecule has 0 saturated carbocycles. The smallest absolute Gasteiger partial charge is 0.314 e. The van der Waals surface area contributed by atoms with Crippen molar-refractivity contribution in [1.82, 2.24) is 0 Å². The summed E-state index contributed by atoms with van der Waals surface area (Å²) in [7, 11) is 1.50. The zero-order chi connectivity index (χ0) is 18.6. The average Bonchev–Trinajstić information content (AvgIpc) is 2.56.